The summed E-state index contributed by atoms with van der Waals surface area (Å²) in [6.45, 7) is 1.96. The maximum atomic E-state index is 14.0. The summed E-state index contributed by atoms with van der Waals surface area (Å²) in [5.41, 5.74) is 6.58. The van der Waals surface area contributed by atoms with Crippen molar-refractivity contribution in [1.82, 2.24) is 4.31 Å². The van der Waals surface area contributed by atoms with Crippen molar-refractivity contribution in [3.05, 3.63) is 164 Å². The Balaban J connectivity index is 1.56. The minimum absolute atomic E-state index is 0.00145. The fourth-order valence-electron chi connectivity index (χ4n) is 5.71. The maximum absolute atomic E-state index is 14.0. The van der Waals surface area contributed by atoms with Crippen LogP contribution in [0, 0.1) is 12.8 Å². The molecule has 3 nitrogen and oxygen atoms in total. The van der Waals surface area contributed by atoms with Crippen LogP contribution in [0.4, 0.5) is 0 Å². The van der Waals surface area contributed by atoms with E-state index < -0.39 is 10.0 Å². The molecule has 6 rings (SSSR count). The van der Waals surface area contributed by atoms with E-state index in [0.717, 1.165) is 42.3 Å². The molecule has 6 heteroatoms. The third-order valence-corrected chi connectivity index (χ3v) is 10.5. The van der Waals surface area contributed by atoms with Gasteiger partial charge in [-0.25, -0.2) is 8.42 Å². The van der Waals surface area contributed by atoms with Gasteiger partial charge >= 0.3 is 0 Å². The molecule has 0 amide bonds. The third kappa shape index (κ3) is 5.05. The summed E-state index contributed by atoms with van der Waals surface area (Å²) >= 11 is 7.15. The van der Waals surface area contributed by atoms with Crippen molar-refractivity contribution in [2.75, 3.05) is 0 Å². The summed E-state index contributed by atoms with van der Waals surface area (Å²) < 4.78 is 31.5. The van der Waals surface area contributed by atoms with E-state index in [1.165, 1.54) is 0 Å². The van der Waals surface area contributed by atoms with Crippen LogP contribution in [0.3, 0.4) is 0 Å². The molecule has 200 valence electrons. The predicted molar refractivity (Wildman–Crippen MR) is 169 cm³/mol. The first kappa shape index (κ1) is 27.0. The average molecular weight is 673 g/mol. The Morgan fingerprint density at radius 1 is 0.725 bits per heavy atom. The summed E-state index contributed by atoms with van der Waals surface area (Å²) in [5, 5.41) is 0. The smallest absolute Gasteiger partial charge is 0.264 e. The van der Waals surface area contributed by atoms with E-state index in [-0.39, 0.29) is 17.9 Å². The van der Waals surface area contributed by atoms with Crippen LogP contribution in [0.1, 0.15) is 28.2 Å². The lowest BCUT2D eigenvalue weighted by molar-refractivity contribution is 0.340. The molecule has 0 aromatic heterocycles. The van der Waals surface area contributed by atoms with E-state index in [4.69, 9.17) is 0 Å². The highest BCUT2D eigenvalue weighted by Crippen LogP contribution is 2.48. The Morgan fingerprint density at radius 2 is 1.30 bits per heavy atom. The fourth-order valence-corrected chi connectivity index (χ4v) is 7.72. The molecule has 0 N–H and O–H groups in total. The van der Waals surface area contributed by atoms with Crippen LogP contribution in [0.2, 0.25) is 0 Å². The minimum atomic E-state index is -3.77. The summed E-state index contributed by atoms with van der Waals surface area (Å²) in [7, 11) is -3.77. The molecular weight excluding hydrogens is 646 g/mol. The Hall–Kier alpha value is -3.19. The Labute approximate surface area is 252 Å². The number of benzene rings is 4. The lowest BCUT2D eigenvalue weighted by Gasteiger charge is -2.39. The number of hydrogen-bond donors (Lipinski definition) is 0. The number of allylic oxidation sites excluding steroid dienone is 2. The van der Waals surface area contributed by atoms with E-state index in [9.17, 15) is 8.42 Å². The van der Waals surface area contributed by atoms with Gasteiger partial charge in [0.05, 0.1) is 10.9 Å². The molecule has 0 saturated heterocycles. The largest absolute Gasteiger partial charge is 0.266 e. The summed E-state index contributed by atoms with van der Waals surface area (Å²) in [4.78, 5) is 0.298. The van der Waals surface area contributed by atoms with E-state index in [1.807, 2.05) is 37.3 Å². The van der Waals surface area contributed by atoms with Crippen molar-refractivity contribution >= 4 is 47.5 Å². The van der Waals surface area contributed by atoms with Crippen molar-refractivity contribution in [1.29, 1.82) is 0 Å². The first-order valence-electron chi connectivity index (χ1n) is 13.1. The van der Waals surface area contributed by atoms with Crippen molar-refractivity contribution in [3.63, 3.8) is 0 Å². The summed E-state index contributed by atoms with van der Waals surface area (Å²) in [6, 6.07) is 33.8. The highest BCUT2D eigenvalue weighted by Gasteiger charge is 2.44. The van der Waals surface area contributed by atoms with Crippen LogP contribution < -0.4 is 0 Å². The van der Waals surface area contributed by atoms with Crippen LogP contribution in [-0.4, -0.2) is 18.8 Å². The molecule has 0 saturated carbocycles. The van der Waals surface area contributed by atoms with Gasteiger partial charge in [0.25, 0.3) is 10.0 Å². The molecule has 3 atom stereocenters. The van der Waals surface area contributed by atoms with Crippen LogP contribution in [-0.2, 0) is 10.0 Å². The number of sulfonamides is 1. The molecule has 1 heterocycles. The second-order valence-corrected chi connectivity index (χ2v) is 13.8. The maximum Gasteiger partial charge on any atom is 0.264 e. The Bertz CT molecular complexity index is 1680. The zero-order chi connectivity index (χ0) is 27.9. The second kappa shape index (κ2) is 11.0. The van der Waals surface area contributed by atoms with Crippen LogP contribution in [0.5, 0.6) is 0 Å². The number of hydrogen-bond acceptors (Lipinski definition) is 2. The molecule has 0 fully saturated rings. The van der Waals surface area contributed by atoms with E-state index in [1.54, 1.807) is 22.6 Å². The normalized spacial score (nSPS) is 20.0. The Morgan fingerprint density at radius 3 is 1.88 bits per heavy atom. The standard InChI is InChI=1S/C34H27Br2NO2S/c1-23-7-17-29(18-8-23)40(38,39)37-22-21-30(24-5-3-2-4-6-24)34-31(19-20-32(34)37)33(25-9-13-27(35)14-10-25)26-11-15-28(36)16-12-26/h2-22,30,32,34H,1H3/t30-,32+,34-/m0/s1. The van der Waals surface area contributed by atoms with Crippen LogP contribution in [0.15, 0.2) is 147 Å². The molecule has 0 radical (unpaired) electrons. The SMILES string of the molecule is Cc1ccc(S(=O)(=O)N2C=C[C@@H](c3ccccc3)[C@H]3C(=C(c4ccc(Br)cc4)c4ccc(Br)cc4)C=C[C@H]32)cc1. The number of nitrogens with zero attached hydrogens (tertiary/aromatic N) is 1. The molecule has 1 aliphatic heterocycles. The van der Waals surface area contributed by atoms with Gasteiger partial charge in [-0.1, -0.05) is 122 Å². The van der Waals surface area contributed by atoms with Crippen LogP contribution in [0.25, 0.3) is 5.57 Å². The van der Waals surface area contributed by atoms with Gasteiger partial charge in [0.15, 0.2) is 0 Å². The van der Waals surface area contributed by atoms with Gasteiger partial charge in [0.1, 0.15) is 0 Å². The number of halogens is 2. The van der Waals surface area contributed by atoms with Gasteiger partial charge in [-0.15, -0.1) is 0 Å². The fraction of sp³-hybridized carbons (Fsp3) is 0.118. The highest BCUT2D eigenvalue weighted by molar-refractivity contribution is 9.10. The second-order valence-electron chi connectivity index (χ2n) is 10.1. The van der Waals surface area contributed by atoms with Crippen molar-refractivity contribution in [3.8, 4) is 0 Å². The van der Waals surface area contributed by atoms with Crippen molar-refractivity contribution in [2.24, 2.45) is 5.92 Å². The van der Waals surface area contributed by atoms with E-state index in [2.05, 4.69) is 111 Å². The van der Waals surface area contributed by atoms with Crippen LogP contribution >= 0.6 is 31.9 Å². The van der Waals surface area contributed by atoms with Gasteiger partial charge in [0, 0.05) is 27.0 Å². The lowest BCUT2D eigenvalue weighted by Crippen LogP contribution is -2.43. The van der Waals surface area contributed by atoms with Gasteiger partial charge in [-0.05, 0) is 71.2 Å². The summed E-state index contributed by atoms with van der Waals surface area (Å²) in [6.07, 6.45) is 8.01. The first-order valence-corrected chi connectivity index (χ1v) is 16.1. The quantitative estimate of drug-likeness (QED) is 0.212. The molecule has 40 heavy (non-hydrogen) atoms. The number of aryl methyl sites for hydroxylation is 1. The van der Waals surface area contributed by atoms with E-state index >= 15 is 0 Å². The van der Waals surface area contributed by atoms with Gasteiger partial charge in [0.2, 0.25) is 0 Å². The lowest BCUT2D eigenvalue weighted by atomic mass is 9.75. The third-order valence-electron chi connectivity index (χ3n) is 7.66. The minimum Gasteiger partial charge on any atom is -0.266 e. The molecule has 0 bridgehead atoms. The molecule has 4 aromatic carbocycles. The number of rotatable bonds is 5. The van der Waals surface area contributed by atoms with E-state index in [0.29, 0.717) is 4.90 Å². The molecule has 4 aromatic rings. The van der Waals surface area contributed by atoms with Crippen molar-refractivity contribution < 1.29 is 8.42 Å². The Kier molecular flexibility index (Phi) is 7.43. The average Bonchev–Trinajstić information content (AvgIpc) is 3.40. The predicted octanol–water partition coefficient (Wildman–Crippen LogP) is 8.88. The first-order chi connectivity index (χ1) is 19.3. The van der Waals surface area contributed by atoms with Gasteiger partial charge in [-0.2, -0.15) is 0 Å². The molecule has 0 unspecified atom stereocenters. The zero-order valence-corrected chi connectivity index (χ0v) is 25.8. The summed E-state index contributed by atoms with van der Waals surface area (Å²) in [5.74, 6) is -0.114. The highest BCUT2D eigenvalue weighted by atomic mass is 79.9. The number of fused-ring (bicyclic) bond motifs is 1. The molecular formula is C34H27Br2NO2S. The molecule has 0 spiro atoms. The topological polar surface area (TPSA) is 37.4 Å². The monoisotopic (exact) mass is 671 g/mol. The molecule has 1 aliphatic carbocycles. The van der Waals surface area contributed by atoms with Gasteiger partial charge < -0.3 is 0 Å². The zero-order valence-electron chi connectivity index (χ0n) is 21.8. The molecule has 2 aliphatic rings. The van der Waals surface area contributed by atoms with Gasteiger partial charge in [-0.3, -0.25) is 4.31 Å². The van der Waals surface area contributed by atoms with Crippen molar-refractivity contribution in [2.45, 2.75) is 23.8 Å².